The number of amides is 1. The lowest BCUT2D eigenvalue weighted by atomic mass is 9.97. The van der Waals surface area contributed by atoms with Crippen LogP contribution < -0.4 is 5.32 Å². The molecule has 14 nitrogen and oxygen atoms in total. The minimum absolute atomic E-state index is 0.257. The number of allylic oxidation sites excluding steroid dienone is 19. The fraction of sp³-hybridized carbons (Fsp3) is 0.700. The average Bonchev–Trinajstić information content (AvgIpc) is 2.58. The maximum Gasteiger partial charge on any atom is 0.220 e. The molecule has 0 bridgehead atoms. The van der Waals surface area contributed by atoms with Crippen molar-refractivity contribution in [3.05, 3.63) is 122 Å². The molecule has 2 saturated heterocycles. The maximum absolute atomic E-state index is 13.3. The van der Waals surface area contributed by atoms with Crippen molar-refractivity contribution in [1.29, 1.82) is 0 Å². The van der Waals surface area contributed by atoms with Crippen LogP contribution in [-0.2, 0) is 23.7 Å². The number of carbonyl (C=O) groups excluding carboxylic acids is 1. The topological polar surface area (TPSA) is 228 Å². The van der Waals surface area contributed by atoms with E-state index in [0.29, 0.717) is 12.8 Å². The molecule has 2 rings (SSSR count). The summed E-state index contributed by atoms with van der Waals surface area (Å²) in [6.07, 6.45) is 61.1. The molecule has 0 radical (unpaired) electrons. The predicted octanol–water partition coefficient (Wildman–Crippen LogP) is 12.6. The first-order chi connectivity index (χ1) is 41.1. The molecule has 2 fully saturated rings. The van der Waals surface area contributed by atoms with Crippen molar-refractivity contribution in [2.24, 2.45) is 0 Å². The summed E-state index contributed by atoms with van der Waals surface area (Å²) in [6, 6.07) is -0.939. The molecule has 0 aliphatic carbocycles. The molecule has 84 heavy (non-hydrogen) atoms. The molecule has 480 valence electrons. The van der Waals surface area contributed by atoms with E-state index in [2.05, 4.69) is 129 Å². The number of carbonyl (C=O) groups is 1. The van der Waals surface area contributed by atoms with E-state index in [1.54, 1.807) is 6.08 Å². The Morgan fingerprint density at radius 2 is 0.833 bits per heavy atom. The van der Waals surface area contributed by atoms with E-state index in [-0.39, 0.29) is 18.9 Å². The van der Waals surface area contributed by atoms with Crippen LogP contribution >= 0.6 is 0 Å². The van der Waals surface area contributed by atoms with Crippen molar-refractivity contribution < 1.29 is 64.6 Å². The highest BCUT2D eigenvalue weighted by Crippen LogP contribution is 2.30. The van der Waals surface area contributed by atoms with Gasteiger partial charge in [-0.3, -0.25) is 4.79 Å². The van der Waals surface area contributed by atoms with Gasteiger partial charge >= 0.3 is 0 Å². The fourth-order valence-corrected chi connectivity index (χ4v) is 9.91. The SMILES string of the molecule is CC/C=C\C/C=C\C/C=C\C/C=C\C/C=C\C/C=C\C/C=C\C/C=C\CCCCCCCCCCCCCCC(=O)NC(COC1OC(CO)C(OC2OC(CO)C(O)C(O)C2O)C(O)C1O)C(O)/C=C/CC/C=C/CCCCCCCCC. The monoisotopic (exact) mass is 1180 g/mol. The summed E-state index contributed by atoms with van der Waals surface area (Å²) in [6.45, 7) is 2.64. The lowest BCUT2D eigenvalue weighted by molar-refractivity contribution is -0.359. The van der Waals surface area contributed by atoms with Crippen LogP contribution in [0.1, 0.15) is 219 Å². The summed E-state index contributed by atoms with van der Waals surface area (Å²) in [5, 5.41) is 87.1. The summed E-state index contributed by atoms with van der Waals surface area (Å²) in [5.41, 5.74) is 0. The van der Waals surface area contributed by atoms with E-state index in [0.717, 1.165) is 89.9 Å². The van der Waals surface area contributed by atoms with Gasteiger partial charge < -0.3 is 65.1 Å². The first-order valence-electron chi connectivity index (χ1n) is 32.8. The molecule has 0 saturated carbocycles. The van der Waals surface area contributed by atoms with E-state index in [1.807, 2.05) is 6.08 Å². The summed E-state index contributed by atoms with van der Waals surface area (Å²) in [5.74, 6) is -0.257. The third kappa shape index (κ3) is 37.8. The lowest BCUT2D eigenvalue weighted by Crippen LogP contribution is -2.65. The molecule has 0 aromatic heterocycles. The van der Waals surface area contributed by atoms with Crippen molar-refractivity contribution in [2.75, 3.05) is 19.8 Å². The number of hydrogen-bond acceptors (Lipinski definition) is 13. The van der Waals surface area contributed by atoms with Crippen molar-refractivity contribution in [3.63, 3.8) is 0 Å². The van der Waals surface area contributed by atoms with Crippen LogP contribution in [-0.4, -0.2) is 140 Å². The lowest BCUT2D eigenvalue weighted by Gasteiger charge is -2.46. The Hall–Kier alpha value is -3.61. The second-order valence-electron chi connectivity index (χ2n) is 22.5. The maximum atomic E-state index is 13.3. The minimum Gasteiger partial charge on any atom is -0.394 e. The molecule has 1 amide bonds. The van der Waals surface area contributed by atoms with Gasteiger partial charge in [0.15, 0.2) is 12.6 Å². The summed E-state index contributed by atoms with van der Waals surface area (Å²) >= 11 is 0. The minimum atomic E-state index is -1.80. The highest BCUT2D eigenvalue weighted by Gasteiger charge is 2.51. The van der Waals surface area contributed by atoms with Gasteiger partial charge in [0.2, 0.25) is 5.91 Å². The molecule has 12 unspecified atom stereocenters. The number of aliphatic hydroxyl groups excluding tert-OH is 8. The number of ether oxygens (including phenoxy) is 4. The highest BCUT2D eigenvalue weighted by atomic mass is 16.7. The second-order valence-corrected chi connectivity index (χ2v) is 22.5. The molecule has 2 aliphatic heterocycles. The zero-order valence-electron chi connectivity index (χ0n) is 51.8. The van der Waals surface area contributed by atoms with Crippen LogP contribution in [0.3, 0.4) is 0 Å². The van der Waals surface area contributed by atoms with Gasteiger partial charge in [-0.05, 0) is 96.3 Å². The van der Waals surface area contributed by atoms with Crippen molar-refractivity contribution in [3.8, 4) is 0 Å². The molecule has 14 heteroatoms. The van der Waals surface area contributed by atoms with Gasteiger partial charge in [0.25, 0.3) is 0 Å². The zero-order valence-corrected chi connectivity index (χ0v) is 51.8. The van der Waals surface area contributed by atoms with E-state index in [1.165, 1.54) is 96.3 Å². The van der Waals surface area contributed by atoms with Gasteiger partial charge in [-0.25, -0.2) is 0 Å². The molecule has 9 N–H and O–H groups in total. The molecule has 12 atom stereocenters. The Kier molecular flexibility index (Phi) is 48.8. The third-order valence-electron chi connectivity index (χ3n) is 15.1. The summed E-state index contributed by atoms with van der Waals surface area (Å²) in [7, 11) is 0. The first kappa shape index (κ1) is 76.5. The number of aliphatic hydroxyl groups is 8. The molecule has 2 aliphatic rings. The van der Waals surface area contributed by atoms with Crippen molar-refractivity contribution in [2.45, 2.75) is 293 Å². The Balaban J connectivity index is 1.63. The highest BCUT2D eigenvalue weighted by molar-refractivity contribution is 5.76. The van der Waals surface area contributed by atoms with Gasteiger partial charge in [-0.15, -0.1) is 0 Å². The number of nitrogens with one attached hydrogen (secondary N) is 1. The van der Waals surface area contributed by atoms with Gasteiger partial charge in [0, 0.05) is 6.42 Å². The van der Waals surface area contributed by atoms with Gasteiger partial charge in [0.1, 0.15) is 48.8 Å². The molecule has 0 aromatic rings. The molecular weight excluding hydrogens is 1060 g/mol. The molecule has 0 spiro atoms. The quantitative estimate of drug-likeness (QED) is 0.0204. The summed E-state index contributed by atoms with van der Waals surface area (Å²) < 4.78 is 22.8. The Morgan fingerprint density at radius 3 is 1.31 bits per heavy atom. The van der Waals surface area contributed by atoms with E-state index < -0.39 is 86.8 Å². The van der Waals surface area contributed by atoms with Gasteiger partial charge in [-0.2, -0.15) is 0 Å². The van der Waals surface area contributed by atoms with Gasteiger partial charge in [0.05, 0.1) is 32.0 Å². The number of rotatable bonds is 51. The first-order valence-corrected chi connectivity index (χ1v) is 32.8. The Labute approximate surface area is 508 Å². The Morgan fingerprint density at radius 1 is 0.440 bits per heavy atom. The van der Waals surface area contributed by atoms with Crippen LogP contribution in [0.15, 0.2) is 122 Å². The molecule has 2 heterocycles. The van der Waals surface area contributed by atoms with Gasteiger partial charge in [-0.1, -0.05) is 238 Å². The number of hydrogen-bond donors (Lipinski definition) is 9. The van der Waals surface area contributed by atoms with E-state index in [4.69, 9.17) is 18.9 Å². The van der Waals surface area contributed by atoms with Crippen LogP contribution in [0.25, 0.3) is 0 Å². The van der Waals surface area contributed by atoms with Crippen molar-refractivity contribution in [1.82, 2.24) is 5.32 Å². The third-order valence-corrected chi connectivity index (χ3v) is 15.1. The van der Waals surface area contributed by atoms with Crippen LogP contribution in [0.5, 0.6) is 0 Å². The standard InChI is InChI=1S/C70H117NO13/c1-3-5-7-9-11-13-15-17-18-19-20-21-22-23-24-25-26-27-28-29-30-31-32-33-34-35-36-37-38-39-40-42-44-46-48-50-52-54-62(75)71-58(59(74)53-51-49-47-45-43-41-16-14-12-10-8-6-4-2)57-81-69-67(80)65(78)68(61(56-73)83-69)84-70-66(79)64(77)63(76)60(55-72)82-70/h5,7,11,13,17-18,20-21,23-24,26-27,29-30,32-33,43,45,51,53,58-61,63-70,72-74,76-80H,3-4,6,8-10,12,14-16,19,22,25,28,31,34-42,44,46-50,52,54-57H2,1-2H3,(H,71,75)/b7-5-,13-11-,18-17-,21-20-,24-23-,27-26-,30-29-,33-32-,45-43+,53-51+. The second kappa shape index (κ2) is 53.6. The van der Waals surface area contributed by atoms with Crippen molar-refractivity contribution >= 4 is 5.91 Å². The number of unbranched alkanes of at least 4 members (excludes halogenated alkanes) is 20. The van der Waals surface area contributed by atoms with E-state index >= 15 is 0 Å². The van der Waals surface area contributed by atoms with E-state index in [9.17, 15) is 45.6 Å². The van der Waals surface area contributed by atoms with Crippen LogP contribution in [0.4, 0.5) is 0 Å². The normalized spacial score (nSPS) is 24.5. The average molecular weight is 1180 g/mol. The fourth-order valence-electron chi connectivity index (χ4n) is 9.91. The summed E-state index contributed by atoms with van der Waals surface area (Å²) in [4.78, 5) is 13.3. The predicted molar refractivity (Wildman–Crippen MR) is 341 cm³/mol. The van der Waals surface area contributed by atoms with Crippen LogP contribution in [0.2, 0.25) is 0 Å². The smallest absolute Gasteiger partial charge is 0.220 e. The molecular formula is C70H117NO13. The molecule has 0 aromatic carbocycles. The Bertz CT molecular complexity index is 1870. The zero-order chi connectivity index (χ0) is 60.9. The largest absolute Gasteiger partial charge is 0.394 e. The van der Waals surface area contributed by atoms with Crippen LogP contribution in [0, 0.1) is 0 Å².